The first kappa shape index (κ1) is 20.8. The summed E-state index contributed by atoms with van der Waals surface area (Å²) < 4.78 is 6.84. The molecule has 3 aromatic rings. The Bertz CT molecular complexity index is 884. The summed E-state index contributed by atoms with van der Waals surface area (Å²) in [6.07, 6.45) is 0. The Morgan fingerprint density at radius 2 is 1.43 bits per heavy atom. The zero-order chi connectivity index (χ0) is 19.9. The normalized spacial score (nSPS) is 10.5. The maximum atomic E-state index is 12.8. The Labute approximate surface area is 184 Å². The first-order chi connectivity index (χ1) is 13.5. The van der Waals surface area contributed by atoms with Gasteiger partial charge in [0.15, 0.2) is 6.61 Å². The summed E-state index contributed by atoms with van der Waals surface area (Å²) in [7, 11) is 0. The van der Waals surface area contributed by atoms with Crippen LogP contribution in [0, 0.1) is 0 Å². The Balaban J connectivity index is 1.67. The van der Waals surface area contributed by atoms with E-state index in [1.807, 2.05) is 60.7 Å². The number of hydrogen-bond donors (Lipinski definition) is 0. The lowest BCUT2D eigenvalue weighted by Gasteiger charge is -2.23. The van der Waals surface area contributed by atoms with Gasteiger partial charge in [-0.3, -0.25) is 4.79 Å². The van der Waals surface area contributed by atoms with Crippen molar-refractivity contribution in [2.24, 2.45) is 0 Å². The fraction of sp³-hybridized carbons (Fsp3) is 0.143. The van der Waals surface area contributed by atoms with Crippen molar-refractivity contribution in [2.45, 2.75) is 13.1 Å². The van der Waals surface area contributed by atoms with Crippen molar-refractivity contribution in [1.29, 1.82) is 0 Å². The summed E-state index contributed by atoms with van der Waals surface area (Å²) in [5.41, 5.74) is 2.04. The highest BCUT2D eigenvalue weighted by Crippen LogP contribution is 2.32. The molecule has 0 spiro atoms. The van der Waals surface area contributed by atoms with Crippen LogP contribution in [-0.4, -0.2) is 23.4 Å². The molecule has 0 aliphatic heterocycles. The van der Waals surface area contributed by atoms with E-state index in [0.717, 1.165) is 19.4 Å². The van der Waals surface area contributed by atoms with Gasteiger partial charge in [-0.15, -0.1) is 11.3 Å². The van der Waals surface area contributed by atoms with Gasteiger partial charge in [-0.25, -0.2) is 4.79 Å². The van der Waals surface area contributed by atoms with Gasteiger partial charge in [-0.1, -0.05) is 60.7 Å². The Morgan fingerprint density at radius 3 is 1.89 bits per heavy atom. The molecule has 28 heavy (non-hydrogen) atoms. The SMILES string of the molecule is O=C(OCC(=O)N(Cc1ccccc1)Cc1ccccc1)c1cc(Br)c(Br)s1. The van der Waals surface area contributed by atoms with E-state index in [1.54, 1.807) is 11.0 Å². The molecule has 0 saturated carbocycles. The van der Waals surface area contributed by atoms with Gasteiger partial charge in [0, 0.05) is 17.6 Å². The number of benzene rings is 2. The van der Waals surface area contributed by atoms with Crippen LogP contribution in [-0.2, 0) is 22.6 Å². The number of thiophene rings is 1. The number of ether oxygens (including phenoxy) is 1. The predicted molar refractivity (Wildman–Crippen MR) is 117 cm³/mol. The highest BCUT2D eigenvalue weighted by atomic mass is 79.9. The first-order valence-electron chi connectivity index (χ1n) is 8.50. The summed E-state index contributed by atoms with van der Waals surface area (Å²) in [6.45, 7) is 0.593. The Morgan fingerprint density at radius 1 is 0.893 bits per heavy atom. The minimum atomic E-state index is -0.510. The number of amides is 1. The molecule has 0 bridgehead atoms. The number of rotatable bonds is 7. The molecule has 0 saturated heterocycles. The van der Waals surface area contributed by atoms with Crippen LogP contribution in [0.3, 0.4) is 0 Å². The number of esters is 1. The molecule has 0 fully saturated rings. The van der Waals surface area contributed by atoms with Gasteiger partial charge in [-0.05, 0) is 49.1 Å². The maximum Gasteiger partial charge on any atom is 0.348 e. The topological polar surface area (TPSA) is 46.6 Å². The summed E-state index contributed by atoms with van der Waals surface area (Å²) in [6, 6.07) is 21.2. The van der Waals surface area contributed by atoms with Crippen LogP contribution in [0.1, 0.15) is 20.8 Å². The second-order valence-corrected chi connectivity index (χ2v) is 9.25. The lowest BCUT2D eigenvalue weighted by atomic mass is 10.1. The van der Waals surface area contributed by atoms with Crippen LogP contribution >= 0.6 is 43.2 Å². The molecule has 1 aromatic heterocycles. The van der Waals surface area contributed by atoms with Crippen molar-refractivity contribution in [3.63, 3.8) is 0 Å². The van der Waals surface area contributed by atoms with Crippen molar-refractivity contribution in [3.8, 4) is 0 Å². The summed E-state index contributed by atoms with van der Waals surface area (Å²) in [4.78, 5) is 27.2. The zero-order valence-corrected chi connectivity index (χ0v) is 18.8. The molecule has 0 aliphatic carbocycles. The van der Waals surface area contributed by atoms with E-state index in [0.29, 0.717) is 18.0 Å². The van der Waals surface area contributed by atoms with Crippen molar-refractivity contribution in [1.82, 2.24) is 4.90 Å². The van der Waals surface area contributed by atoms with Crippen LogP contribution < -0.4 is 0 Å². The quantitative estimate of drug-likeness (QED) is 0.376. The second-order valence-electron chi connectivity index (χ2n) is 6.03. The van der Waals surface area contributed by atoms with Crippen LogP contribution in [0.4, 0.5) is 0 Å². The van der Waals surface area contributed by atoms with E-state index in [9.17, 15) is 9.59 Å². The summed E-state index contributed by atoms with van der Waals surface area (Å²) >= 11 is 7.95. The van der Waals surface area contributed by atoms with Crippen LogP contribution in [0.2, 0.25) is 0 Å². The number of hydrogen-bond acceptors (Lipinski definition) is 4. The molecule has 1 heterocycles. The van der Waals surface area contributed by atoms with E-state index < -0.39 is 5.97 Å². The molecule has 1 amide bonds. The van der Waals surface area contributed by atoms with Crippen molar-refractivity contribution >= 4 is 55.1 Å². The van der Waals surface area contributed by atoms with Crippen LogP contribution in [0.25, 0.3) is 0 Å². The largest absolute Gasteiger partial charge is 0.451 e. The molecule has 0 radical (unpaired) electrons. The van der Waals surface area contributed by atoms with Gasteiger partial charge in [0.05, 0.1) is 3.79 Å². The lowest BCUT2D eigenvalue weighted by molar-refractivity contribution is -0.135. The maximum absolute atomic E-state index is 12.8. The van der Waals surface area contributed by atoms with Crippen molar-refractivity contribution < 1.29 is 14.3 Å². The molecule has 144 valence electrons. The number of carbonyl (C=O) groups excluding carboxylic acids is 2. The second kappa shape index (κ2) is 10.0. The van der Waals surface area contributed by atoms with E-state index in [-0.39, 0.29) is 12.5 Å². The summed E-state index contributed by atoms with van der Waals surface area (Å²) in [5, 5.41) is 0. The Hall–Kier alpha value is -1.96. The lowest BCUT2D eigenvalue weighted by Crippen LogP contribution is -2.33. The molecule has 2 aromatic carbocycles. The molecule has 0 aliphatic rings. The average Bonchev–Trinajstić information content (AvgIpc) is 3.05. The minimum Gasteiger partial charge on any atom is -0.451 e. The third kappa shape index (κ3) is 5.77. The molecule has 0 atom stereocenters. The first-order valence-corrected chi connectivity index (χ1v) is 10.9. The highest BCUT2D eigenvalue weighted by Gasteiger charge is 2.19. The highest BCUT2D eigenvalue weighted by molar-refractivity contribution is 9.13. The van der Waals surface area contributed by atoms with Gasteiger partial charge in [0.25, 0.3) is 5.91 Å². The molecular formula is C21H17Br2NO3S. The van der Waals surface area contributed by atoms with Gasteiger partial charge < -0.3 is 9.64 Å². The van der Waals surface area contributed by atoms with Crippen molar-refractivity contribution in [2.75, 3.05) is 6.61 Å². The van der Waals surface area contributed by atoms with Crippen LogP contribution in [0.5, 0.6) is 0 Å². The van der Waals surface area contributed by atoms with Crippen LogP contribution in [0.15, 0.2) is 75.0 Å². The summed E-state index contributed by atoms with van der Waals surface area (Å²) in [5.74, 6) is -0.750. The smallest absolute Gasteiger partial charge is 0.348 e. The number of halogens is 2. The molecule has 0 unspecified atom stereocenters. The third-order valence-electron chi connectivity index (χ3n) is 3.96. The molecule has 7 heteroatoms. The average molecular weight is 523 g/mol. The Kier molecular flexibility index (Phi) is 7.42. The van der Waals surface area contributed by atoms with E-state index in [4.69, 9.17) is 4.74 Å². The molecule has 3 rings (SSSR count). The fourth-order valence-corrected chi connectivity index (χ4v) is 4.51. The number of nitrogens with zero attached hydrogens (tertiary/aromatic N) is 1. The zero-order valence-electron chi connectivity index (χ0n) is 14.8. The standard InChI is InChI=1S/C21H17Br2NO3S/c22-17-11-18(28-20(17)23)21(26)27-14-19(25)24(12-15-7-3-1-4-8-15)13-16-9-5-2-6-10-16/h1-11H,12-14H2. The van der Waals surface area contributed by atoms with Gasteiger partial charge in [-0.2, -0.15) is 0 Å². The third-order valence-corrected chi connectivity index (χ3v) is 7.19. The van der Waals surface area contributed by atoms with Gasteiger partial charge in [0.1, 0.15) is 4.88 Å². The monoisotopic (exact) mass is 521 g/mol. The fourth-order valence-electron chi connectivity index (χ4n) is 2.58. The van der Waals surface area contributed by atoms with E-state index in [1.165, 1.54) is 11.3 Å². The van der Waals surface area contributed by atoms with E-state index >= 15 is 0 Å². The minimum absolute atomic E-state index is 0.240. The molecule has 4 nitrogen and oxygen atoms in total. The van der Waals surface area contributed by atoms with E-state index in [2.05, 4.69) is 31.9 Å². The van der Waals surface area contributed by atoms with Crippen molar-refractivity contribution in [3.05, 3.63) is 91.0 Å². The molecular weight excluding hydrogens is 506 g/mol. The van der Waals surface area contributed by atoms with Gasteiger partial charge >= 0.3 is 5.97 Å². The molecule has 0 N–H and O–H groups in total. The van der Waals surface area contributed by atoms with Gasteiger partial charge in [0.2, 0.25) is 0 Å². The predicted octanol–water partition coefficient (Wildman–Crippen LogP) is 5.66. The number of carbonyl (C=O) groups is 2.